The number of nitrogens with one attached hydrogen (secondary N) is 1. The van der Waals surface area contributed by atoms with Crippen LogP contribution in [-0.4, -0.2) is 31.3 Å². The molecule has 2 N–H and O–H groups in total. The molecular formula is C14H19NO4. The smallest absolute Gasteiger partial charge is 0.243 e. The second-order valence-electron chi connectivity index (χ2n) is 3.88. The van der Waals surface area contributed by atoms with Gasteiger partial charge in [0.25, 0.3) is 0 Å². The van der Waals surface area contributed by atoms with Crippen molar-refractivity contribution >= 4 is 5.91 Å². The minimum atomic E-state index is -0.163. The van der Waals surface area contributed by atoms with Gasteiger partial charge >= 0.3 is 0 Å². The normalized spacial score (nSPS) is 9.74. The molecule has 0 saturated carbocycles. The number of aromatic hydroxyl groups is 1. The van der Waals surface area contributed by atoms with E-state index in [0.717, 1.165) is 12.8 Å². The summed E-state index contributed by atoms with van der Waals surface area (Å²) in [6.45, 7) is 4.51. The highest BCUT2D eigenvalue weighted by molar-refractivity contribution is 5.86. The van der Waals surface area contributed by atoms with Crippen LogP contribution in [0.1, 0.15) is 12.8 Å². The number of rotatable bonds is 8. The molecule has 19 heavy (non-hydrogen) atoms. The average molecular weight is 265 g/mol. The summed E-state index contributed by atoms with van der Waals surface area (Å²) in [5.74, 6) is 0.951. The van der Waals surface area contributed by atoms with Crippen LogP contribution in [0.25, 0.3) is 0 Å². The number of phenols is 1. The number of benzene rings is 1. The molecule has 5 nitrogen and oxygen atoms in total. The summed E-state index contributed by atoms with van der Waals surface area (Å²) in [5.41, 5.74) is 0. The largest absolute Gasteiger partial charge is 0.504 e. The van der Waals surface area contributed by atoms with Gasteiger partial charge in [-0.1, -0.05) is 6.58 Å². The first-order valence-corrected chi connectivity index (χ1v) is 6.07. The summed E-state index contributed by atoms with van der Waals surface area (Å²) in [4.78, 5) is 10.9. The molecule has 0 radical (unpaired) electrons. The van der Waals surface area contributed by atoms with Gasteiger partial charge in [0.1, 0.15) is 5.75 Å². The molecule has 5 heteroatoms. The standard InChI is InChI=1S/C14H19NO4/c1-3-14(17)15-8-4-5-9-19-11-6-7-12(16)13(10-11)18-2/h3,6-7,10,16H,1,4-5,8-9H2,2H3,(H,15,17). The molecule has 0 spiro atoms. The maximum absolute atomic E-state index is 10.9. The van der Waals surface area contributed by atoms with E-state index in [9.17, 15) is 9.90 Å². The molecule has 0 saturated heterocycles. The van der Waals surface area contributed by atoms with Crippen molar-refractivity contribution in [2.75, 3.05) is 20.3 Å². The zero-order chi connectivity index (χ0) is 14.1. The number of unbranched alkanes of at least 4 members (excludes halogenated alkanes) is 1. The summed E-state index contributed by atoms with van der Waals surface area (Å²) in [6.07, 6.45) is 2.90. The van der Waals surface area contributed by atoms with Crippen molar-refractivity contribution in [1.29, 1.82) is 0 Å². The molecule has 0 aliphatic carbocycles. The number of hydrogen-bond donors (Lipinski definition) is 2. The van der Waals surface area contributed by atoms with Gasteiger partial charge < -0.3 is 19.9 Å². The predicted molar refractivity (Wildman–Crippen MR) is 72.6 cm³/mol. The van der Waals surface area contributed by atoms with Crippen LogP contribution in [0.15, 0.2) is 30.9 Å². The summed E-state index contributed by atoms with van der Waals surface area (Å²) in [6, 6.07) is 4.84. The van der Waals surface area contributed by atoms with Gasteiger partial charge in [0.05, 0.1) is 13.7 Å². The van der Waals surface area contributed by atoms with Crippen molar-refractivity contribution in [3.63, 3.8) is 0 Å². The molecule has 104 valence electrons. The SMILES string of the molecule is C=CC(=O)NCCCCOc1ccc(O)c(OC)c1. The van der Waals surface area contributed by atoms with Crippen molar-refractivity contribution in [2.45, 2.75) is 12.8 Å². The molecule has 1 aromatic rings. The van der Waals surface area contributed by atoms with E-state index in [4.69, 9.17) is 9.47 Å². The molecule has 0 unspecified atom stereocenters. The molecule has 0 atom stereocenters. The number of amides is 1. The molecule has 1 rings (SSSR count). The van der Waals surface area contributed by atoms with Crippen molar-refractivity contribution in [2.24, 2.45) is 0 Å². The van der Waals surface area contributed by atoms with Crippen molar-refractivity contribution < 1.29 is 19.4 Å². The molecule has 1 amide bonds. The monoisotopic (exact) mass is 265 g/mol. The van der Waals surface area contributed by atoms with Crippen LogP contribution in [0.3, 0.4) is 0 Å². The molecule has 0 heterocycles. The Morgan fingerprint density at radius 2 is 2.26 bits per heavy atom. The third kappa shape index (κ3) is 5.33. The Morgan fingerprint density at radius 3 is 2.95 bits per heavy atom. The van der Waals surface area contributed by atoms with Gasteiger partial charge in [-0.05, 0) is 31.1 Å². The lowest BCUT2D eigenvalue weighted by Crippen LogP contribution is -2.22. The van der Waals surface area contributed by atoms with Gasteiger partial charge in [0, 0.05) is 12.6 Å². The Bertz CT molecular complexity index is 431. The quantitative estimate of drug-likeness (QED) is 0.556. The van der Waals surface area contributed by atoms with E-state index in [2.05, 4.69) is 11.9 Å². The van der Waals surface area contributed by atoms with E-state index in [1.165, 1.54) is 19.3 Å². The van der Waals surface area contributed by atoms with Gasteiger partial charge in [-0.3, -0.25) is 4.79 Å². The summed E-state index contributed by atoms with van der Waals surface area (Å²) >= 11 is 0. The minimum absolute atomic E-state index is 0.0852. The second kappa shape index (κ2) is 8.02. The van der Waals surface area contributed by atoms with Crippen LogP contribution in [-0.2, 0) is 4.79 Å². The first-order valence-electron chi connectivity index (χ1n) is 6.07. The van der Waals surface area contributed by atoms with Crippen molar-refractivity contribution in [3.8, 4) is 17.2 Å². The number of hydrogen-bond acceptors (Lipinski definition) is 4. The van der Waals surface area contributed by atoms with Gasteiger partial charge in [-0.15, -0.1) is 0 Å². The molecule has 0 fully saturated rings. The molecule has 0 aliphatic rings. The zero-order valence-corrected chi connectivity index (χ0v) is 11.0. The number of ether oxygens (including phenoxy) is 2. The van der Waals surface area contributed by atoms with Gasteiger partial charge in [-0.2, -0.15) is 0 Å². The average Bonchev–Trinajstić information content (AvgIpc) is 2.43. The maximum Gasteiger partial charge on any atom is 0.243 e. The molecule has 0 bridgehead atoms. The number of phenolic OH excluding ortho intramolecular Hbond substituents is 1. The number of methoxy groups -OCH3 is 1. The van der Waals surface area contributed by atoms with Crippen LogP contribution >= 0.6 is 0 Å². The highest BCUT2D eigenvalue weighted by Crippen LogP contribution is 2.29. The lowest BCUT2D eigenvalue weighted by Gasteiger charge is -2.09. The first kappa shape index (κ1) is 14.9. The summed E-state index contributed by atoms with van der Waals surface area (Å²) in [5, 5.41) is 12.1. The highest BCUT2D eigenvalue weighted by Gasteiger charge is 2.03. The summed E-state index contributed by atoms with van der Waals surface area (Å²) < 4.78 is 10.5. The minimum Gasteiger partial charge on any atom is -0.504 e. The Kier molecular flexibility index (Phi) is 6.29. The zero-order valence-electron chi connectivity index (χ0n) is 11.0. The molecule has 1 aromatic carbocycles. The van der Waals surface area contributed by atoms with Crippen LogP contribution < -0.4 is 14.8 Å². The fourth-order valence-corrected chi connectivity index (χ4v) is 1.45. The topological polar surface area (TPSA) is 67.8 Å². The fourth-order valence-electron chi connectivity index (χ4n) is 1.45. The van der Waals surface area contributed by atoms with Crippen LogP contribution in [0.4, 0.5) is 0 Å². The maximum atomic E-state index is 10.9. The highest BCUT2D eigenvalue weighted by atomic mass is 16.5. The third-order valence-corrected chi connectivity index (χ3v) is 2.48. The Morgan fingerprint density at radius 1 is 1.47 bits per heavy atom. The van der Waals surface area contributed by atoms with Gasteiger partial charge in [0.15, 0.2) is 11.5 Å². The lowest BCUT2D eigenvalue weighted by atomic mass is 10.3. The van der Waals surface area contributed by atoms with E-state index in [1.807, 2.05) is 0 Å². The molecule has 0 aromatic heterocycles. The predicted octanol–water partition coefficient (Wildman–Crippen LogP) is 1.86. The van der Waals surface area contributed by atoms with E-state index < -0.39 is 0 Å². The second-order valence-corrected chi connectivity index (χ2v) is 3.88. The van der Waals surface area contributed by atoms with Gasteiger partial charge in [-0.25, -0.2) is 0 Å². The van der Waals surface area contributed by atoms with Gasteiger partial charge in [0.2, 0.25) is 5.91 Å². The van der Waals surface area contributed by atoms with Crippen LogP contribution in [0.5, 0.6) is 17.2 Å². The lowest BCUT2D eigenvalue weighted by molar-refractivity contribution is -0.116. The molecular weight excluding hydrogens is 246 g/mol. The van der Waals surface area contributed by atoms with E-state index in [-0.39, 0.29) is 11.7 Å². The van der Waals surface area contributed by atoms with E-state index in [0.29, 0.717) is 24.7 Å². The van der Waals surface area contributed by atoms with E-state index >= 15 is 0 Å². The Hall–Kier alpha value is -2.17. The third-order valence-electron chi connectivity index (χ3n) is 2.48. The fraction of sp³-hybridized carbons (Fsp3) is 0.357. The Balaban J connectivity index is 2.22. The first-order chi connectivity index (χ1) is 9.17. The van der Waals surface area contributed by atoms with Crippen molar-refractivity contribution in [1.82, 2.24) is 5.32 Å². The number of carbonyl (C=O) groups is 1. The Labute approximate surface area is 112 Å². The summed E-state index contributed by atoms with van der Waals surface area (Å²) in [7, 11) is 1.49. The van der Waals surface area contributed by atoms with E-state index in [1.54, 1.807) is 12.1 Å². The van der Waals surface area contributed by atoms with Crippen LogP contribution in [0, 0.1) is 0 Å². The van der Waals surface area contributed by atoms with Crippen LogP contribution in [0.2, 0.25) is 0 Å². The van der Waals surface area contributed by atoms with Crippen molar-refractivity contribution in [3.05, 3.63) is 30.9 Å². The number of carbonyl (C=O) groups excluding carboxylic acids is 1. The molecule has 0 aliphatic heterocycles.